The molecule has 5 heteroatoms. The Morgan fingerprint density at radius 3 is 3.08 bits per heavy atom. The van der Waals surface area contributed by atoms with Crippen molar-refractivity contribution in [1.82, 2.24) is 10.4 Å². The van der Waals surface area contributed by atoms with Crippen molar-refractivity contribution in [3.05, 3.63) is 0 Å². The molecular formula is C7H16N4O. The van der Waals surface area contributed by atoms with Crippen molar-refractivity contribution in [3.63, 3.8) is 0 Å². The van der Waals surface area contributed by atoms with Crippen LogP contribution in [-0.4, -0.2) is 42.2 Å². The first kappa shape index (κ1) is 9.28. The maximum Gasteiger partial charge on any atom is 0.212 e. The van der Waals surface area contributed by atoms with Gasteiger partial charge in [0, 0.05) is 6.04 Å². The van der Waals surface area contributed by atoms with Gasteiger partial charge in [0.2, 0.25) is 5.96 Å². The van der Waals surface area contributed by atoms with Gasteiger partial charge in [-0.25, -0.2) is 5.48 Å². The fraction of sp³-hybridized carbons (Fsp3) is 0.857. The smallest absolute Gasteiger partial charge is 0.212 e. The van der Waals surface area contributed by atoms with Gasteiger partial charge >= 0.3 is 0 Å². The Balaban J connectivity index is 2.31. The average molecular weight is 172 g/mol. The van der Waals surface area contributed by atoms with Crippen LogP contribution in [0.5, 0.6) is 0 Å². The molecule has 1 aliphatic rings. The molecule has 4 N–H and O–H groups in total. The Kier molecular flexibility index (Phi) is 3.31. The molecule has 1 unspecified atom stereocenters. The molecule has 1 rings (SSSR count). The van der Waals surface area contributed by atoms with E-state index in [1.54, 1.807) is 0 Å². The number of likely N-dealkylation sites (tertiary alicyclic amines) is 1. The highest BCUT2D eigenvalue weighted by molar-refractivity contribution is 5.76. The molecule has 0 aliphatic carbocycles. The fourth-order valence-electron chi connectivity index (χ4n) is 1.45. The number of rotatable bonds is 2. The standard InChI is InChI=1S/C7H16N4O/c1-11-4-2-3-6(11)5-9-7(8)10-12/h6,12H,2-5H2,1H3,(H3,8,9,10). The predicted molar refractivity (Wildman–Crippen MR) is 47.1 cm³/mol. The van der Waals surface area contributed by atoms with Crippen molar-refractivity contribution in [2.24, 2.45) is 10.7 Å². The van der Waals surface area contributed by atoms with Gasteiger partial charge in [-0.05, 0) is 26.4 Å². The lowest BCUT2D eigenvalue weighted by Crippen LogP contribution is -2.32. The molecule has 1 atom stereocenters. The number of likely N-dealkylation sites (N-methyl/N-ethyl adjacent to an activating group) is 1. The molecule has 12 heavy (non-hydrogen) atoms. The molecule has 0 aromatic carbocycles. The fourth-order valence-corrected chi connectivity index (χ4v) is 1.45. The van der Waals surface area contributed by atoms with Crippen LogP contribution in [0.15, 0.2) is 4.99 Å². The molecule has 70 valence electrons. The molecule has 1 heterocycles. The summed E-state index contributed by atoms with van der Waals surface area (Å²) in [5.41, 5.74) is 7.08. The SMILES string of the molecule is CN1CCCC1CN=C(N)NO. The first-order valence-corrected chi connectivity index (χ1v) is 4.14. The highest BCUT2D eigenvalue weighted by atomic mass is 16.5. The van der Waals surface area contributed by atoms with E-state index in [-0.39, 0.29) is 5.96 Å². The van der Waals surface area contributed by atoms with Crippen LogP contribution in [0.2, 0.25) is 0 Å². The van der Waals surface area contributed by atoms with Crippen molar-refractivity contribution in [3.8, 4) is 0 Å². The Hall–Kier alpha value is -0.810. The van der Waals surface area contributed by atoms with Gasteiger partial charge in [-0.1, -0.05) is 0 Å². The van der Waals surface area contributed by atoms with Crippen LogP contribution in [0.1, 0.15) is 12.8 Å². The summed E-state index contributed by atoms with van der Waals surface area (Å²) in [5, 5.41) is 8.36. The van der Waals surface area contributed by atoms with Crippen molar-refractivity contribution in [1.29, 1.82) is 0 Å². The van der Waals surface area contributed by atoms with Crippen molar-refractivity contribution in [2.75, 3.05) is 20.1 Å². The number of nitrogens with zero attached hydrogens (tertiary/aromatic N) is 2. The molecule has 1 fully saturated rings. The predicted octanol–water partition coefficient (Wildman–Crippen LogP) is -0.626. The number of hydroxylamine groups is 1. The van der Waals surface area contributed by atoms with E-state index < -0.39 is 0 Å². The van der Waals surface area contributed by atoms with Crippen molar-refractivity contribution in [2.45, 2.75) is 18.9 Å². The molecule has 0 aromatic heterocycles. The van der Waals surface area contributed by atoms with Crippen LogP contribution in [0.25, 0.3) is 0 Å². The van der Waals surface area contributed by atoms with Gasteiger partial charge < -0.3 is 10.6 Å². The molecule has 0 spiro atoms. The Labute approximate surface area is 72.2 Å². The first-order chi connectivity index (χ1) is 5.74. The second-order valence-electron chi connectivity index (χ2n) is 3.11. The second kappa shape index (κ2) is 4.27. The Morgan fingerprint density at radius 1 is 1.83 bits per heavy atom. The van der Waals surface area contributed by atoms with E-state index in [1.807, 2.05) is 5.48 Å². The first-order valence-electron chi connectivity index (χ1n) is 4.14. The second-order valence-corrected chi connectivity index (χ2v) is 3.11. The molecule has 0 radical (unpaired) electrons. The lowest BCUT2D eigenvalue weighted by molar-refractivity contribution is 0.231. The van der Waals surface area contributed by atoms with Gasteiger partial charge in [0.05, 0.1) is 6.54 Å². The molecule has 0 aromatic rings. The maximum atomic E-state index is 8.36. The number of nitrogens with two attached hydrogens (primary N) is 1. The van der Waals surface area contributed by atoms with Crippen LogP contribution in [0.4, 0.5) is 0 Å². The van der Waals surface area contributed by atoms with Crippen molar-refractivity contribution < 1.29 is 5.21 Å². The van der Waals surface area contributed by atoms with E-state index in [0.29, 0.717) is 12.6 Å². The lowest BCUT2D eigenvalue weighted by Gasteiger charge is -2.16. The largest absolute Gasteiger partial charge is 0.368 e. The van der Waals surface area contributed by atoms with Crippen molar-refractivity contribution >= 4 is 5.96 Å². The van der Waals surface area contributed by atoms with Gasteiger partial charge in [0.1, 0.15) is 0 Å². The molecule has 1 aliphatic heterocycles. The van der Waals surface area contributed by atoms with Gasteiger partial charge in [0.25, 0.3) is 0 Å². The minimum Gasteiger partial charge on any atom is -0.368 e. The molecular weight excluding hydrogens is 156 g/mol. The summed E-state index contributed by atoms with van der Waals surface area (Å²) in [6.07, 6.45) is 2.39. The zero-order chi connectivity index (χ0) is 8.97. The normalized spacial score (nSPS) is 26.2. The highest BCUT2D eigenvalue weighted by Crippen LogP contribution is 2.14. The van der Waals surface area contributed by atoms with E-state index >= 15 is 0 Å². The van der Waals surface area contributed by atoms with Gasteiger partial charge in [0.15, 0.2) is 0 Å². The summed E-state index contributed by atoms with van der Waals surface area (Å²) in [6, 6.07) is 0.483. The third-order valence-corrected chi connectivity index (χ3v) is 2.26. The van der Waals surface area contributed by atoms with E-state index in [4.69, 9.17) is 10.9 Å². The number of aliphatic imine (C=N–C) groups is 1. The zero-order valence-corrected chi connectivity index (χ0v) is 7.32. The molecule has 0 bridgehead atoms. The summed E-state index contributed by atoms with van der Waals surface area (Å²) in [6.45, 7) is 1.79. The van der Waals surface area contributed by atoms with Gasteiger partial charge in [-0.2, -0.15) is 0 Å². The third-order valence-electron chi connectivity index (χ3n) is 2.26. The third kappa shape index (κ3) is 2.35. The van der Waals surface area contributed by atoms with Gasteiger partial charge in [-0.3, -0.25) is 10.2 Å². The average Bonchev–Trinajstić information content (AvgIpc) is 2.47. The summed E-state index contributed by atoms with van der Waals surface area (Å²) >= 11 is 0. The van der Waals surface area contributed by atoms with Crippen LogP contribution >= 0.6 is 0 Å². The lowest BCUT2D eigenvalue weighted by atomic mass is 10.2. The summed E-state index contributed by atoms with van der Waals surface area (Å²) < 4.78 is 0. The number of hydrogen-bond donors (Lipinski definition) is 3. The van der Waals surface area contributed by atoms with E-state index in [1.165, 1.54) is 12.8 Å². The summed E-state index contributed by atoms with van der Waals surface area (Å²) in [4.78, 5) is 6.22. The molecule has 5 nitrogen and oxygen atoms in total. The molecule has 0 amide bonds. The van der Waals surface area contributed by atoms with E-state index in [0.717, 1.165) is 6.54 Å². The minimum absolute atomic E-state index is 0.0929. The quantitative estimate of drug-likeness (QED) is 0.295. The topological polar surface area (TPSA) is 73.9 Å². The number of hydrogen-bond acceptors (Lipinski definition) is 3. The zero-order valence-electron chi connectivity index (χ0n) is 7.32. The number of nitrogens with one attached hydrogen (secondary N) is 1. The molecule has 1 saturated heterocycles. The molecule has 0 saturated carbocycles. The minimum atomic E-state index is 0.0929. The van der Waals surface area contributed by atoms with E-state index in [2.05, 4.69) is 16.9 Å². The summed E-state index contributed by atoms with van der Waals surface area (Å²) in [7, 11) is 2.08. The van der Waals surface area contributed by atoms with Crippen LogP contribution in [0, 0.1) is 0 Å². The Bertz CT molecular complexity index is 171. The van der Waals surface area contributed by atoms with Crippen LogP contribution in [0.3, 0.4) is 0 Å². The number of guanidine groups is 1. The summed E-state index contributed by atoms with van der Waals surface area (Å²) in [5.74, 6) is 0.0929. The van der Waals surface area contributed by atoms with Crippen LogP contribution < -0.4 is 11.2 Å². The highest BCUT2D eigenvalue weighted by Gasteiger charge is 2.19. The Morgan fingerprint density at radius 2 is 2.58 bits per heavy atom. The van der Waals surface area contributed by atoms with E-state index in [9.17, 15) is 0 Å². The van der Waals surface area contributed by atoms with Gasteiger partial charge in [-0.15, -0.1) is 0 Å². The monoisotopic (exact) mass is 172 g/mol. The maximum absolute atomic E-state index is 8.36. The van der Waals surface area contributed by atoms with Crippen LogP contribution in [-0.2, 0) is 0 Å².